The monoisotopic (exact) mass is 372 g/mol. The number of nitrogens with zero attached hydrogens (tertiary/aromatic N) is 1. The van der Waals surface area contributed by atoms with Crippen molar-refractivity contribution in [3.63, 3.8) is 0 Å². The van der Waals surface area contributed by atoms with Crippen molar-refractivity contribution >= 4 is 27.5 Å². The highest BCUT2D eigenvalue weighted by Crippen LogP contribution is 2.35. The van der Waals surface area contributed by atoms with Crippen LogP contribution in [0.5, 0.6) is 5.75 Å². The molecule has 23 heavy (non-hydrogen) atoms. The van der Waals surface area contributed by atoms with Crippen LogP contribution in [0.2, 0.25) is 0 Å². The highest BCUT2D eigenvalue weighted by molar-refractivity contribution is 9.10. The van der Waals surface area contributed by atoms with E-state index in [1.807, 2.05) is 54.6 Å². The molecule has 0 aliphatic carbocycles. The predicted molar refractivity (Wildman–Crippen MR) is 93.5 cm³/mol. The molecule has 2 aromatic carbocycles. The van der Waals surface area contributed by atoms with Crippen LogP contribution in [0.15, 0.2) is 59.1 Å². The molecule has 0 spiro atoms. The van der Waals surface area contributed by atoms with Crippen LogP contribution < -0.4 is 10.2 Å². The SMILES string of the molecule is COc1ccccc1[C@H]1C=C(c2ccc(Br)cc2)NN1C(C)=O. The highest BCUT2D eigenvalue weighted by atomic mass is 79.9. The zero-order chi connectivity index (χ0) is 16.4. The summed E-state index contributed by atoms with van der Waals surface area (Å²) in [4.78, 5) is 12.0. The van der Waals surface area contributed by atoms with Gasteiger partial charge in [0.25, 0.3) is 0 Å². The molecule has 1 heterocycles. The predicted octanol–water partition coefficient (Wildman–Crippen LogP) is 3.91. The number of halogens is 1. The second kappa shape index (κ2) is 6.46. The molecule has 0 fully saturated rings. The molecule has 0 saturated carbocycles. The van der Waals surface area contributed by atoms with Gasteiger partial charge in [0.2, 0.25) is 5.91 Å². The van der Waals surface area contributed by atoms with E-state index in [1.54, 1.807) is 19.0 Å². The standard InChI is InChI=1S/C18H17BrN2O2/c1-12(22)21-17(15-5-3-4-6-18(15)23-2)11-16(20-21)13-7-9-14(19)10-8-13/h3-11,17,20H,1-2H3/t17-/m1/s1. The van der Waals surface area contributed by atoms with Crippen molar-refractivity contribution in [1.82, 2.24) is 10.4 Å². The van der Waals surface area contributed by atoms with Gasteiger partial charge in [-0.3, -0.25) is 10.2 Å². The summed E-state index contributed by atoms with van der Waals surface area (Å²) in [6.45, 7) is 1.55. The Balaban J connectivity index is 2.02. The molecule has 5 heteroatoms. The molecule has 0 saturated heterocycles. The minimum atomic E-state index is -0.206. The molecular formula is C18H17BrN2O2. The van der Waals surface area contributed by atoms with Gasteiger partial charge in [0, 0.05) is 17.0 Å². The van der Waals surface area contributed by atoms with Gasteiger partial charge in [0.05, 0.1) is 12.8 Å². The van der Waals surface area contributed by atoms with Gasteiger partial charge >= 0.3 is 0 Å². The van der Waals surface area contributed by atoms with E-state index in [2.05, 4.69) is 21.4 Å². The minimum Gasteiger partial charge on any atom is -0.496 e. The lowest BCUT2D eigenvalue weighted by Gasteiger charge is -2.25. The molecule has 1 atom stereocenters. The Morgan fingerprint density at radius 3 is 2.52 bits per heavy atom. The number of hydrogen-bond acceptors (Lipinski definition) is 3. The van der Waals surface area contributed by atoms with E-state index in [4.69, 9.17) is 4.74 Å². The maximum Gasteiger partial charge on any atom is 0.238 e. The van der Waals surface area contributed by atoms with Crippen molar-refractivity contribution in [1.29, 1.82) is 0 Å². The van der Waals surface area contributed by atoms with Gasteiger partial charge in [-0.25, -0.2) is 5.01 Å². The lowest BCUT2D eigenvalue weighted by Crippen LogP contribution is -2.37. The summed E-state index contributed by atoms with van der Waals surface area (Å²) in [5.74, 6) is 0.711. The average Bonchev–Trinajstić information content (AvgIpc) is 3.01. The van der Waals surface area contributed by atoms with Crippen molar-refractivity contribution in [2.75, 3.05) is 7.11 Å². The van der Waals surface area contributed by atoms with E-state index in [0.717, 1.165) is 27.0 Å². The third-order valence-electron chi connectivity index (χ3n) is 3.80. The first kappa shape index (κ1) is 15.6. The summed E-state index contributed by atoms with van der Waals surface area (Å²) in [6.07, 6.45) is 2.04. The lowest BCUT2D eigenvalue weighted by molar-refractivity contribution is -0.132. The van der Waals surface area contributed by atoms with Gasteiger partial charge < -0.3 is 4.74 Å². The van der Waals surface area contributed by atoms with Gasteiger partial charge in [-0.2, -0.15) is 0 Å². The smallest absolute Gasteiger partial charge is 0.238 e. The zero-order valence-corrected chi connectivity index (χ0v) is 14.5. The minimum absolute atomic E-state index is 0.0516. The molecule has 0 radical (unpaired) electrons. The number of nitrogens with one attached hydrogen (secondary N) is 1. The number of methoxy groups -OCH3 is 1. The third-order valence-corrected chi connectivity index (χ3v) is 4.32. The highest BCUT2D eigenvalue weighted by Gasteiger charge is 2.30. The first-order valence-electron chi connectivity index (χ1n) is 7.27. The van der Waals surface area contributed by atoms with Crippen LogP contribution in [0, 0.1) is 0 Å². The van der Waals surface area contributed by atoms with E-state index in [-0.39, 0.29) is 11.9 Å². The number of amides is 1. The van der Waals surface area contributed by atoms with Gasteiger partial charge in [-0.05, 0) is 29.8 Å². The summed E-state index contributed by atoms with van der Waals surface area (Å²) in [5.41, 5.74) is 6.08. The van der Waals surface area contributed by atoms with Crippen molar-refractivity contribution in [2.24, 2.45) is 0 Å². The normalized spacial score (nSPS) is 16.7. The molecule has 0 unspecified atom stereocenters. The fourth-order valence-corrected chi connectivity index (χ4v) is 2.94. The summed E-state index contributed by atoms with van der Waals surface area (Å²) in [5, 5.41) is 1.62. The van der Waals surface area contributed by atoms with Crippen molar-refractivity contribution in [2.45, 2.75) is 13.0 Å². The molecule has 1 aliphatic heterocycles. The van der Waals surface area contributed by atoms with E-state index in [0.29, 0.717) is 0 Å². The zero-order valence-electron chi connectivity index (χ0n) is 12.9. The fourth-order valence-electron chi connectivity index (χ4n) is 2.67. The summed E-state index contributed by atoms with van der Waals surface area (Å²) < 4.78 is 6.46. The fraction of sp³-hybridized carbons (Fsp3) is 0.167. The van der Waals surface area contributed by atoms with Crippen LogP contribution in [0.3, 0.4) is 0 Å². The number of carbonyl (C=O) groups excluding carboxylic acids is 1. The average molecular weight is 373 g/mol. The summed E-state index contributed by atoms with van der Waals surface area (Å²) in [6, 6.07) is 15.5. The van der Waals surface area contributed by atoms with E-state index >= 15 is 0 Å². The van der Waals surface area contributed by atoms with E-state index < -0.39 is 0 Å². The molecule has 1 amide bonds. The number of rotatable bonds is 3. The first-order chi connectivity index (χ1) is 11.1. The second-order valence-electron chi connectivity index (χ2n) is 5.27. The Morgan fingerprint density at radius 2 is 1.87 bits per heavy atom. The van der Waals surface area contributed by atoms with E-state index in [9.17, 15) is 4.79 Å². The maximum absolute atomic E-state index is 12.0. The van der Waals surface area contributed by atoms with Crippen molar-refractivity contribution < 1.29 is 9.53 Å². The molecule has 118 valence electrons. The second-order valence-corrected chi connectivity index (χ2v) is 6.19. The Hall–Kier alpha value is -2.27. The Bertz CT molecular complexity index is 756. The number of hydrogen-bond donors (Lipinski definition) is 1. The number of hydrazine groups is 1. The molecule has 1 aliphatic rings. The van der Waals surface area contributed by atoms with Crippen LogP contribution in [-0.4, -0.2) is 18.0 Å². The van der Waals surface area contributed by atoms with Crippen LogP contribution in [0.25, 0.3) is 5.70 Å². The number of para-hydroxylation sites is 1. The molecule has 2 aromatic rings. The van der Waals surface area contributed by atoms with Crippen molar-refractivity contribution in [3.05, 3.63) is 70.2 Å². The first-order valence-corrected chi connectivity index (χ1v) is 8.06. The Kier molecular flexibility index (Phi) is 4.39. The quantitative estimate of drug-likeness (QED) is 0.887. The molecule has 0 aromatic heterocycles. The van der Waals surface area contributed by atoms with Gasteiger partial charge in [-0.1, -0.05) is 46.3 Å². The number of benzene rings is 2. The number of carbonyl (C=O) groups is 1. The molecule has 1 N–H and O–H groups in total. The van der Waals surface area contributed by atoms with Crippen molar-refractivity contribution in [3.8, 4) is 5.75 Å². The molecule has 4 nitrogen and oxygen atoms in total. The van der Waals surface area contributed by atoms with Crippen LogP contribution in [0.4, 0.5) is 0 Å². The van der Waals surface area contributed by atoms with Gasteiger partial charge in [0.1, 0.15) is 11.8 Å². The lowest BCUT2D eigenvalue weighted by atomic mass is 10.0. The molecular weight excluding hydrogens is 356 g/mol. The summed E-state index contributed by atoms with van der Waals surface area (Å²) in [7, 11) is 1.64. The third kappa shape index (κ3) is 3.10. The van der Waals surface area contributed by atoms with Crippen LogP contribution >= 0.6 is 15.9 Å². The molecule has 3 rings (SSSR count). The van der Waals surface area contributed by atoms with Gasteiger partial charge in [-0.15, -0.1) is 0 Å². The summed E-state index contributed by atoms with van der Waals surface area (Å²) >= 11 is 3.44. The van der Waals surface area contributed by atoms with Gasteiger partial charge in [0.15, 0.2) is 0 Å². The van der Waals surface area contributed by atoms with Crippen LogP contribution in [-0.2, 0) is 4.79 Å². The number of ether oxygens (including phenoxy) is 1. The Labute approximate surface area is 143 Å². The van der Waals surface area contributed by atoms with Crippen LogP contribution in [0.1, 0.15) is 24.1 Å². The topological polar surface area (TPSA) is 41.6 Å². The molecule has 0 bridgehead atoms. The largest absolute Gasteiger partial charge is 0.496 e. The maximum atomic E-state index is 12.0. The Morgan fingerprint density at radius 1 is 1.17 bits per heavy atom. The van der Waals surface area contributed by atoms with E-state index in [1.165, 1.54) is 0 Å².